The summed E-state index contributed by atoms with van der Waals surface area (Å²) in [4.78, 5) is 39.2. The average Bonchev–Trinajstić information content (AvgIpc) is 3.19. The Morgan fingerprint density at radius 1 is 0.846 bits per heavy atom. The van der Waals surface area contributed by atoms with Crippen molar-refractivity contribution in [1.29, 1.82) is 0 Å². The minimum Gasteiger partial charge on any atom is -0.326 e. The Bertz CT molecular complexity index is 1400. The first-order chi connectivity index (χ1) is 18.7. The lowest BCUT2D eigenvalue weighted by Gasteiger charge is -2.54. The Morgan fingerprint density at radius 2 is 1.36 bits per heavy atom. The van der Waals surface area contributed by atoms with Crippen LogP contribution in [-0.2, 0) is 24.1 Å². The summed E-state index contributed by atoms with van der Waals surface area (Å²) in [6, 6.07) is 21.0. The van der Waals surface area contributed by atoms with Crippen molar-refractivity contribution in [3.8, 4) is 0 Å². The summed E-state index contributed by atoms with van der Waals surface area (Å²) in [6.07, 6.45) is 2.33. The number of benzene rings is 3. The van der Waals surface area contributed by atoms with Gasteiger partial charge in [0.05, 0.1) is 11.8 Å². The number of nitrogens with zero attached hydrogens (tertiary/aromatic N) is 1. The fourth-order valence-electron chi connectivity index (χ4n) is 6.66. The Balaban J connectivity index is 1.15. The van der Waals surface area contributed by atoms with Crippen LogP contribution in [0.3, 0.4) is 0 Å². The van der Waals surface area contributed by atoms with Gasteiger partial charge >= 0.3 is 0 Å². The second-order valence-corrected chi connectivity index (χ2v) is 12.7. The number of aryl methyl sites for hydroxylation is 1. The second-order valence-electron chi connectivity index (χ2n) is 10.6. The Kier molecular flexibility index (Phi) is 6.64. The Labute approximate surface area is 246 Å². The van der Waals surface area contributed by atoms with E-state index in [0.29, 0.717) is 25.7 Å². The molecule has 8 heteroatoms. The molecule has 0 unspecified atom stereocenters. The molecule has 39 heavy (non-hydrogen) atoms. The summed E-state index contributed by atoms with van der Waals surface area (Å²) in [7, 11) is 0. The molecule has 3 amide bonds. The normalized spacial score (nSPS) is 26.3. The van der Waals surface area contributed by atoms with Crippen LogP contribution in [0.4, 0.5) is 5.69 Å². The Hall–Kier alpha value is -2.67. The average molecular weight is 626 g/mol. The lowest BCUT2D eigenvalue weighted by molar-refractivity contribution is -0.140. The second kappa shape index (κ2) is 9.76. The number of carbonyl (C=O) groups is 3. The van der Waals surface area contributed by atoms with Crippen LogP contribution in [0.5, 0.6) is 0 Å². The van der Waals surface area contributed by atoms with E-state index in [9.17, 15) is 14.4 Å². The number of hydrogen-bond acceptors (Lipinski definition) is 3. The monoisotopic (exact) mass is 624 g/mol. The maximum Gasteiger partial charge on any atom is 0.235 e. The molecule has 0 spiro atoms. The van der Waals surface area contributed by atoms with Crippen molar-refractivity contribution in [2.75, 3.05) is 11.9 Å². The lowest BCUT2D eigenvalue weighted by Crippen LogP contribution is -2.57. The third-order valence-corrected chi connectivity index (χ3v) is 10.2. The zero-order chi connectivity index (χ0) is 27.5. The zero-order valence-electron chi connectivity index (χ0n) is 21.3. The van der Waals surface area contributed by atoms with Gasteiger partial charge < -0.3 is 5.32 Å². The third-order valence-electron chi connectivity index (χ3n) is 8.42. The van der Waals surface area contributed by atoms with Crippen molar-refractivity contribution in [1.82, 2.24) is 4.90 Å². The number of nitrogens with one attached hydrogen (secondary N) is 1. The molecule has 3 aromatic rings. The van der Waals surface area contributed by atoms with Gasteiger partial charge in [0.2, 0.25) is 17.7 Å². The van der Waals surface area contributed by atoms with E-state index in [1.54, 1.807) is 0 Å². The van der Waals surface area contributed by atoms with Crippen LogP contribution in [0.2, 0.25) is 0 Å². The minimum atomic E-state index is -1.15. The summed E-state index contributed by atoms with van der Waals surface area (Å²) >= 11 is 18.3. The fourth-order valence-corrected chi connectivity index (χ4v) is 8.23. The van der Waals surface area contributed by atoms with Gasteiger partial charge in [0, 0.05) is 23.1 Å². The van der Waals surface area contributed by atoms with Crippen molar-refractivity contribution in [2.45, 2.75) is 42.4 Å². The summed E-state index contributed by atoms with van der Waals surface area (Å²) in [5, 5.41) is 2.95. The lowest BCUT2D eigenvalue weighted by atomic mass is 9.54. The molecule has 1 heterocycles. The minimum absolute atomic E-state index is 0.0555. The molecule has 7 rings (SSSR count). The predicted molar refractivity (Wildman–Crippen MR) is 156 cm³/mol. The number of unbranched alkanes of at least 4 members (excludes halogenated alkanes) is 2. The van der Waals surface area contributed by atoms with E-state index in [2.05, 4.69) is 21.2 Å². The number of alkyl halides is 2. The highest BCUT2D eigenvalue weighted by molar-refractivity contribution is 9.10. The van der Waals surface area contributed by atoms with Crippen LogP contribution in [-0.4, -0.2) is 29.2 Å². The molecular weight excluding hydrogens is 599 g/mol. The van der Waals surface area contributed by atoms with Gasteiger partial charge in [-0.25, -0.2) is 0 Å². The van der Waals surface area contributed by atoms with Crippen LogP contribution < -0.4 is 5.32 Å². The molecule has 1 saturated heterocycles. The van der Waals surface area contributed by atoms with Gasteiger partial charge in [-0.3, -0.25) is 19.3 Å². The number of anilines is 1. The van der Waals surface area contributed by atoms with Gasteiger partial charge in [0.15, 0.2) is 0 Å². The molecule has 2 atom stereocenters. The van der Waals surface area contributed by atoms with E-state index >= 15 is 0 Å². The molecule has 1 fully saturated rings. The van der Waals surface area contributed by atoms with Gasteiger partial charge in [-0.15, -0.1) is 23.2 Å². The molecular formula is C31H27BrCl2N2O3. The van der Waals surface area contributed by atoms with Crippen molar-refractivity contribution in [3.63, 3.8) is 0 Å². The highest BCUT2D eigenvalue weighted by atomic mass is 79.9. The first-order valence-electron chi connectivity index (χ1n) is 13.2. The highest BCUT2D eigenvalue weighted by Crippen LogP contribution is 2.69. The van der Waals surface area contributed by atoms with Crippen molar-refractivity contribution in [2.24, 2.45) is 11.8 Å². The molecule has 5 nitrogen and oxygen atoms in total. The van der Waals surface area contributed by atoms with Crippen molar-refractivity contribution in [3.05, 3.63) is 99.0 Å². The van der Waals surface area contributed by atoms with E-state index in [0.717, 1.165) is 38.0 Å². The predicted octanol–water partition coefficient (Wildman–Crippen LogP) is 6.85. The van der Waals surface area contributed by atoms with E-state index in [1.165, 1.54) is 4.90 Å². The smallest absolute Gasteiger partial charge is 0.235 e. The largest absolute Gasteiger partial charge is 0.326 e. The maximum absolute atomic E-state index is 13.8. The SMILES string of the molecule is Cc1cc(Br)ccc1NC(=O)CCCCCN1C(=O)[C@@H]2[C@@H](C1=O)C1(Cl)c3ccccc3C2(Cl)c2ccccc21. The van der Waals surface area contributed by atoms with Crippen LogP contribution >= 0.6 is 39.1 Å². The zero-order valence-corrected chi connectivity index (χ0v) is 24.4. The van der Waals surface area contributed by atoms with E-state index in [-0.39, 0.29) is 24.3 Å². The summed E-state index contributed by atoms with van der Waals surface area (Å²) in [6.45, 7) is 2.23. The molecule has 200 valence electrons. The van der Waals surface area contributed by atoms with Crippen LogP contribution in [0.1, 0.15) is 53.5 Å². The molecule has 0 aromatic heterocycles. The van der Waals surface area contributed by atoms with Crippen LogP contribution in [0.25, 0.3) is 0 Å². The van der Waals surface area contributed by atoms with Crippen LogP contribution in [0, 0.1) is 18.8 Å². The first-order valence-corrected chi connectivity index (χ1v) is 14.7. The number of halogens is 3. The number of imide groups is 1. The number of amides is 3. The van der Waals surface area contributed by atoms with Gasteiger partial charge in [0.1, 0.15) is 9.75 Å². The van der Waals surface area contributed by atoms with E-state index in [4.69, 9.17) is 23.2 Å². The van der Waals surface area contributed by atoms with Crippen LogP contribution in [0.15, 0.2) is 71.2 Å². The molecule has 3 aromatic carbocycles. The molecule has 0 radical (unpaired) electrons. The van der Waals surface area contributed by atoms with E-state index < -0.39 is 21.6 Å². The van der Waals surface area contributed by atoms with Crippen molar-refractivity contribution < 1.29 is 14.4 Å². The summed E-state index contributed by atoms with van der Waals surface area (Å²) in [5.74, 6) is -2.13. The first kappa shape index (κ1) is 26.5. The summed E-state index contributed by atoms with van der Waals surface area (Å²) < 4.78 is 0.963. The van der Waals surface area contributed by atoms with Gasteiger partial charge in [-0.1, -0.05) is 70.9 Å². The number of hydrogen-bond donors (Lipinski definition) is 1. The fraction of sp³-hybridized carbons (Fsp3) is 0.323. The molecule has 1 N–H and O–H groups in total. The van der Waals surface area contributed by atoms with Crippen molar-refractivity contribution >= 4 is 62.5 Å². The van der Waals surface area contributed by atoms with Gasteiger partial charge in [0.25, 0.3) is 0 Å². The quantitative estimate of drug-likeness (QED) is 0.177. The molecule has 1 aliphatic heterocycles. The van der Waals surface area contributed by atoms with E-state index in [1.807, 2.05) is 73.7 Å². The molecule has 3 aliphatic carbocycles. The standard InChI is InChI=1S/C31H27BrCl2N2O3/c1-18-17-19(32)14-15-24(18)35-25(37)13-3-2-8-16-36-28(38)26-27(29(36)39)31(34)21-10-5-4-9-20(21)30(26,33)22-11-6-7-12-23(22)31/h4-7,9-12,14-15,17,26-27H,2-3,8,13,16H2,1H3,(H,35,37)/t26-,27-,30?,31?/m0/s1. The number of rotatable bonds is 7. The molecule has 0 saturated carbocycles. The van der Waals surface area contributed by atoms with Gasteiger partial charge in [-0.05, 0) is 65.8 Å². The number of carbonyl (C=O) groups excluding carboxylic acids is 3. The Morgan fingerprint density at radius 3 is 1.85 bits per heavy atom. The molecule has 2 bridgehead atoms. The highest BCUT2D eigenvalue weighted by Gasteiger charge is 2.72. The topological polar surface area (TPSA) is 66.5 Å². The maximum atomic E-state index is 13.8. The number of likely N-dealkylation sites (tertiary alicyclic amines) is 1. The molecule has 4 aliphatic rings. The third kappa shape index (κ3) is 3.90. The summed E-state index contributed by atoms with van der Waals surface area (Å²) in [5.41, 5.74) is 4.99. The van der Waals surface area contributed by atoms with Gasteiger partial charge in [-0.2, -0.15) is 0 Å².